The number of pyridine rings is 2. The Morgan fingerprint density at radius 2 is 1.90 bits per heavy atom. The lowest BCUT2D eigenvalue weighted by Gasteiger charge is -2.23. The summed E-state index contributed by atoms with van der Waals surface area (Å²) in [5.74, 6) is 0. The van der Waals surface area contributed by atoms with Gasteiger partial charge in [-0.05, 0) is 37.1 Å². The molecule has 0 bridgehead atoms. The van der Waals surface area contributed by atoms with E-state index >= 15 is 0 Å². The topological polar surface area (TPSA) is 41.1 Å². The first-order chi connectivity index (χ1) is 9.83. The molecule has 0 aromatic carbocycles. The van der Waals surface area contributed by atoms with E-state index in [9.17, 15) is 0 Å². The summed E-state index contributed by atoms with van der Waals surface area (Å²) in [4.78, 5) is 10.7. The molecule has 20 heavy (non-hydrogen) atoms. The standard InChI is InChI=1S/C16H22N4/c1-3-7-19-15-10-16(12-18-11-15)20(4-2)13-14-5-8-17-9-6-14/h5-6,8-12,19H,3-4,7,13H2,1-2H3. The van der Waals surface area contributed by atoms with Crippen molar-refractivity contribution < 1.29 is 0 Å². The highest BCUT2D eigenvalue weighted by Crippen LogP contribution is 2.19. The van der Waals surface area contributed by atoms with Gasteiger partial charge in [0, 0.05) is 32.0 Å². The van der Waals surface area contributed by atoms with Crippen LogP contribution in [0.1, 0.15) is 25.8 Å². The number of hydrogen-bond donors (Lipinski definition) is 1. The van der Waals surface area contributed by atoms with E-state index in [2.05, 4.69) is 52.2 Å². The Balaban J connectivity index is 2.10. The molecule has 0 spiro atoms. The van der Waals surface area contributed by atoms with Crippen molar-refractivity contribution in [2.75, 3.05) is 23.3 Å². The summed E-state index contributed by atoms with van der Waals surface area (Å²) in [5.41, 5.74) is 3.48. The maximum absolute atomic E-state index is 4.33. The fourth-order valence-corrected chi connectivity index (χ4v) is 2.06. The van der Waals surface area contributed by atoms with Gasteiger partial charge in [0.15, 0.2) is 0 Å². The number of rotatable bonds is 7. The molecule has 0 saturated heterocycles. The van der Waals surface area contributed by atoms with E-state index in [-0.39, 0.29) is 0 Å². The third-order valence-electron chi connectivity index (χ3n) is 3.17. The van der Waals surface area contributed by atoms with Gasteiger partial charge in [-0.2, -0.15) is 0 Å². The molecule has 0 fully saturated rings. The zero-order valence-corrected chi connectivity index (χ0v) is 12.2. The Morgan fingerprint density at radius 3 is 2.60 bits per heavy atom. The molecular weight excluding hydrogens is 248 g/mol. The molecule has 0 unspecified atom stereocenters. The summed E-state index contributed by atoms with van der Waals surface area (Å²) in [6.45, 7) is 7.11. The molecule has 2 heterocycles. The molecule has 0 saturated carbocycles. The predicted molar refractivity (Wildman–Crippen MR) is 84.0 cm³/mol. The van der Waals surface area contributed by atoms with Crippen molar-refractivity contribution in [2.45, 2.75) is 26.8 Å². The lowest BCUT2D eigenvalue weighted by molar-refractivity contribution is 0.827. The third kappa shape index (κ3) is 3.95. The highest BCUT2D eigenvalue weighted by atomic mass is 15.1. The van der Waals surface area contributed by atoms with Crippen molar-refractivity contribution >= 4 is 11.4 Å². The summed E-state index contributed by atoms with van der Waals surface area (Å²) in [6.07, 6.45) is 8.57. The molecule has 2 aromatic rings. The van der Waals surface area contributed by atoms with Gasteiger partial charge in [-0.3, -0.25) is 9.97 Å². The minimum Gasteiger partial charge on any atom is -0.384 e. The van der Waals surface area contributed by atoms with Crippen molar-refractivity contribution in [3.05, 3.63) is 48.5 Å². The highest BCUT2D eigenvalue weighted by molar-refractivity contribution is 5.55. The Bertz CT molecular complexity index is 513. The molecule has 2 rings (SSSR count). The monoisotopic (exact) mass is 270 g/mol. The van der Waals surface area contributed by atoms with Crippen LogP contribution in [0.4, 0.5) is 11.4 Å². The first-order valence-electron chi connectivity index (χ1n) is 7.16. The first kappa shape index (κ1) is 14.3. The van der Waals surface area contributed by atoms with Crippen molar-refractivity contribution in [3.8, 4) is 0 Å². The SMILES string of the molecule is CCCNc1cncc(N(CC)Cc2ccncc2)c1. The summed E-state index contributed by atoms with van der Waals surface area (Å²) < 4.78 is 0. The van der Waals surface area contributed by atoms with Crippen LogP contribution in [0.2, 0.25) is 0 Å². The van der Waals surface area contributed by atoms with E-state index in [0.717, 1.165) is 37.4 Å². The van der Waals surface area contributed by atoms with E-state index in [0.29, 0.717) is 0 Å². The summed E-state index contributed by atoms with van der Waals surface area (Å²) in [6, 6.07) is 6.26. The summed E-state index contributed by atoms with van der Waals surface area (Å²) >= 11 is 0. The second kappa shape index (κ2) is 7.48. The van der Waals surface area contributed by atoms with Gasteiger partial charge in [0.2, 0.25) is 0 Å². The van der Waals surface area contributed by atoms with Gasteiger partial charge in [-0.1, -0.05) is 6.92 Å². The molecule has 0 aliphatic carbocycles. The Kier molecular flexibility index (Phi) is 5.35. The molecule has 1 N–H and O–H groups in total. The van der Waals surface area contributed by atoms with Crippen LogP contribution in [0.25, 0.3) is 0 Å². The highest BCUT2D eigenvalue weighted by Gasteiger charge is 2.06. The second-order valence-corrected chi connectivity index (χ2v) is 4.73. The van der Waals surface area contributed by atoms with Crippen LogP contribution in [-0.2, 0) is 6.54 Å². The van der Waals surface area contributed by atoms with Gasteiger partial charge in [0.25, 0.3) is 0 Å². The van der Waals surface area contributed by atoms with Crippen LogP contribution in [0, 0.1) is 0 Å². The molecule has 0 radical (unpaired) electrons. The molecule has 0 aliphatic heterocycles. The van der Waals surface area contributed by atoms with Gasteiger partial charge in [-0.25, -0.2) is 0 Å². The minimum atomic E-state index is 0.873. The van der Waals surface area contributed by atoms with Crippen molar-refractivity contribution in [3.63, 3.8) is 0 Å². The maximum atomic E-state index is 4.33. The smallest absolute Gasteiger partial charge is 0.0576 e. The molecule has 106 valence electrons. The zero-order valence-electron chi connectivity index (χ0n) is 12.2. The van der Waals surface area contributed by atoms with E-state index in [4.69, 9.17) is 0 Å². The summed E-state index contributed by atoms with van der Waals surface area (Å²) in [7, 11) is 0. The van der Waals surface area contributed by atoms with E-state index < -0.39 is 0 Å². The van der Waals surface area contributed by atoms with Crippen LogP contribution in [0.5, 0.6) is 0 Å². The molecule has 4 heteroatoms. The number of nitrogens with one attached hydrogen (secondary N) is 1. The van der Waals surface area contributed by atoms with Crippen LogP contribution in [0.15, 0.2) is 43.0 Å². The van der Waals surface area contributed by atoms with Crippen LogP contribution in [0.3, 0.4) is 0 Å². The normalized spacial score (nSPS) is 10.3. The van der Waals surface area contributed by atoms with Gasteiger partial charge >= 0.3 is 0 Å². The average Bonchev–Trinajstić information content (AvgIpc) is 2.52. The van der Waals surface area contributed by atoms with E-state index in [1.54, 1.807) is 0 Å². The zero-order chi connectivity index (χ0) is 14.2. The number of hydrogen-bond acceptors (Lipinski definition) is 4. The number of nitrogens with zero attached hydrogens (tertiary/aromatic N) is 3. The lowest BCUT2D eigenvalue weighted by atomic mass is 10.2. The Morgan fingerprint density at radius 1 is 1.10 bits per heavy atom. The molecule has 4 nitrogen and oxygen atoms in total. The van der Waals surface area contributed by atoms with Crippen LogP contribution >= 0.6 is 0 Å². The van der Waals surface area contributed by atoms with Gasteiger partial charge in [-0.15, -0.1) is 0 Å². The third-order valence-corrected chi connectivity index (χ3v) is 3.17. The van der Waals surface area contributed by atoms with Gasteiger partial charge in [0.1, 0.15) is 0 Å². The van der Waals surface area contributed by atoms with Crippen molar-refractivity contribution in [2.24, 2.45) is 0 Å². The second-order valence-electron chi connectivity index (χ2n) is 4.73. The number of aromatic nitrogens is 2. The van der Waals surface area contributed by atoms with Crippen molar-refractivity contribution in [1.29, 1.82) is 0 Å². The van der Waals surface area contributed by atoms with Crippen LogP contribution in [-0.4, -0.2) is 23.1 Å². The Hall–Kier alpha value is -2.10. The Labute approximate surface area is 120 Å². The fourth-order valence-electron chi connectivity index (χ4n) is 2.06. The maximum Gasteiger partial charge on any atom is 0.0576 e. The molecular formula is C16H22N4. The van der Waals surface area contributed by atoms with Crippen LogP contribution < -0.4 is 10.2 Å². The van der Waals surface area contributed by atoms with Gasteiger partial charge < -0.3 is 10.2 Å². The molecule has 0 atom stereocenters. The summed E-state index contributed by atoms with van der Waals surface area (Å²) in [5, 5.41) is 3.38. The fraction of sp³-hybridized carbons (Fsp3) is 0.375. The van der Waals surface area contributed by atoms with E-state index in [1.165, 1.54) is 5.56 Å². The predicted octanol–water partition coefficient (Wildman–Crippen LogP) is 3.33. The molecule has 0 amide bonds. The number of anilines is 2. The quantitative estimate of drug-likeness (QED) is 0.838. The molecule has 0 aliphatic rings. The average molecular weight is 270 g/mol. The largest absolute Gasteiger partial charge is 0.384 e. The molecule has 2 aromatic heterocycles. The van der Waals surface area contributed by atoms with Crippen molar-refractivity contribution in [1.82, 2.24) is 9.97 Å². The lowest BCUT2D eigenvalue weighted by Crippen LogP contribution is -2.22. The van der Waals surface area contributed by atoms with Gasteiger partial charge in [0.05, 0.1) is 23.8 Å². The minimum absolute atomic E-state index is 0.873. The van der Waals surface area contributed by atoms with E-state index in [1.807, 2.05) is 24.8 Å². The first-order valence-corrected chi connectivity index (χ1v) is 7.16.